The molecule has 0 aliphatic heterocycles. The van der Waals surface area contributed by atoms with Gasteiger partial charge in [-0.25, -0.2) is 9.97 Å². The van der Waals surface area contributed by atoms with Crippen molar-refractivity contribution in [3.8, 4) is 0 Å². The standard InChI is InChI=1S/C15H16N6O2/c1-10(2)13-8-19-20-14(13)17-9-18-15(20)16-7-11-4-3-5-12(6-11)21(22)23/h3-6,8-10H,7H2,1-2H3,(H,16,17,18). The van der Waals surface area contributed by atoms with E-state index >= 15 is 0 Å². The second kappa shape index (κ2) is 5.99. The van der Waals surface area contributed by atoms with Crippen LogP contribution in [0.15, 0.2) is 36.8 Å². The maximum atomic E-state index is 10.8. The molecular formula is C15H16N6O2. The van der Waals surface area contributed by atoms with Crippen LogP contribution in [0.3, 0.4) is 0 Å². The van der Waals surface area contributed by atoms with Crippen LogP contribution >= 0.6 is 0 Å². The van der Waals surface area contributed by atoms with Crippen molar-refractivity contribution in [1.82, 2.24) is 19.6 Å². The first-order chi connectivity index (χ1) is 11.1. The Morgan fingerprint density at radius 1 is 1.35 bits per heavy atom. The van der Waals surface area contributed by atoms with Crippen molar-refractivity contribution in [3.05, 3.63) is 58.0 Å². The zero-order chi connectivity index (χ0) is 16.4. The number of nitrogens with zero attached hydrogens (tertiary/aromatic N) is 5. The van der Waals surface area contributed by atoms with E-state index < -0.39 is 4.92 Å². The summed E-state index contributed by atoms with van der Waals surface area (Å²) < 4.78 is 1.65. The molecule has 3 aromatic rings. The lowest BCUT2D eigenvalue weighted by Gasteiger charge is -2.07. The molecule has 2 heterocycles. The predicted octanol–water partition coefficient (Wildman–Crippen LogP) is 2.77. The van der Waals surface area contributed by atoms with Gasteiger partial charge in [0.25, 0.3) is 5.69 Å². The summed E-state index contributed by atoms with van der Waals surface area (Å²) in [6, 6.07) is 6.49. The molecule has 8 heteroatoms. The first-order valence-electron chi connectivity index (χ1n) is 7.22. The Morgan fingerprint density at radius 2 is 2.17 bits per heavy atom. The Hall–Kier alpha value is -3.03. The first kappa shape index (κ1) is 14.9. The SMILES string of the molecule is CC(C)c1cnn2c(NCc3cccc([N+](=O)[O-])c3)ncnc12. The Balaban J connectivity index is 1.85. The molecule has 118 valence electrons. The molecule has 0 aliphatic carbocycles. The Bertz CT molecular complexity index is 858. The van der Waals surface area contributed by atoms with Gasteiger partial charge in [-0.05, 0) is 11.5 Å². The minimum absolute atomic E-state index is 0.0679. The van der Waals surface area contributed by atoms with Gasteiger partial charge in [0, 0.05) is 24.2 Å². The van der Waals surface area contributed by atoms with Gasteiger partial charge in [-0.2, -0.15) is 9.61 Å². The number of hydrogen-bond donors (Lipinski definition) is 1. The number of fused-ring (bicyclic) bond motifs is 1. The topological polar surface area (TPSA) is 98.2 Å². The molecule has 0 saturated heterocycles. The van der Waals surface area contributed by atoms with E-state index in [4.69, 9.17) is 0 Å². The van der Waals surface area contributed by atoms with Crippen molar-refractivity contribution in [2.75, 3.05) is 5.32 Å². The highest BCUT2D eigenvalue weighted by molar-refractivity contribution is 5.51. The van der Waals surface area contributed by atoms with Gasteiger partial charge >= 0.3 is 0 Å². The fourth-order valence-electron chi connectivity index (χ4n) is 2.32. The third kappa shape index (κ3) is 2.96. The van der Waals surface area contributed by atoms with Crippen molar-refractivity contribution in [3.63, 3.8) is 0 Å². The molecule has 0 spiro atoms. The number of nitrogens with one attached hydrogen (secondary N) is 1. The molecule has 0 amide bonds. The molecule has 0 saturated carbocycles. The molecule has 0 atom stereocenters. The van der Waals surface area contributed by atoms with E-state index in [9.17, 15) is 10.1 Å². The molecule has 0 fully saturated rings. The summed E-state index contributed by atoms with van der Waals surface area (Å²) in [6.07, 6.45) is 3.27. The lowest BCUT2D eigenvalue weighted by atomic mass is 10.1. The summed E-state index contributed by atoms with van der Waals surface area (Å²) in [6.45, 7) is 4.56. The van der Waals surface area contributed by atoms with Crippen LogP contribution in [0.25, 0.3) is 5.65 Å². The van der Waals surface area contributed by atoms with Gasteiger partial charge in [0.05, 0.1) is 11.1 Å². The summed E-state index contributed by atoms with van der Waals surface area (Å²) in [7, 11) is 0. The first-order valence-corrected chi connectivity index (χ1v) is 7.22. The highest BCUT2D eigenvalue weighted by Crippen LogP contribution is 2.20. The van der Waals surface area contributed by atoms with Crippen molar-refractivity contribution in [1.29, 1.82) is 0 Å². The van der Waals surface area contributed by atoms with Crippen LogP contribution in [0.5, 0.6) is 0 Å². The van der Waals surface area contributed by atoms with E-state index in [-0.39, 0.29) is 5.69 Å². The van der Waals surface area contributed by atoms with E-state index in [0.717, 1.165) is 16.8 Å². The van der Waals surface area contributed by atoms with Gasteiger partial charge in [-0.1, -0.05) is 26.0 Å². The maximum absolute atomic E-state index is 10.8. The van der Waals surface area contributed by atoms with Gasteiger partial charge in [0.2, 0.25) is 5.95 Å². The van der Waals surface area contributed by atoms with Crippen molar-refractivity contribution < 1.29 is 4.92 Å². The predicted molar refractivity (Wildman–Crippen MR) is 85.3 cm³/mol. The molecule has 0 radical (unpaired) electrons. The van der Waals surface area contributed by atoms with Gasteiger partial charge in [0.15, 0.2) is 5.65 Å². The molecule has 1 aromatic carbocycles. The lowest BCUT2D eigenvalue weighted by Crippen LogP contribution is -2.08. The number of anilines is 1. The largest absolute Gasteiger partial charge is 0.350 e. The fourth-order valence-corrected chi connectivity index (χ4v) is 2.32. The minimum Gasteiger partial charge on any atom is -0.350 e. The molecule has 3 rings (SSSR count). The number of benzene rings is 1. The highest BCUT2D eigenvalue weighted by atomic mass is 16.6. The zero-order valence-electron chi connectivity index (χ0n) is 12.8. The van der Waals surface area contributed by atoms with Crippen molar-refractivity contribution >= 4 is 17.3 Å². The Morgan fingerprint density at radius 3 is 2.91 bits per heavy atom. The smallest absolute Gasteiger partial charge is 0.269 e. The second-order valence-corrected chi connectivity index (χ2v) is 5.47. The van der Waals surface area contributed by atoms with Gasteiger partial charge in [0.1, 0.15) is 6.33 Å². The number of nitro groups is 1. The van der Waals surface area contributed by atoms with Crippen LogP contribution < -0.4 is 5.32 Å². The summed E-state index contributed by atoms with van der Waals surface area (Å²) in [5.41, 5.74) is 2.67. The Labute approximate surface area is 132 Å². The number of aromatic nitrogens is 4. The normalized spacial score (nSPS) is 11.1. The van der Waals surface area contributed by atoms with E-state index in [1.54, 1.807) is 16.8 Å². The summed E-state index contributed by atoms with van der Waals surface area (Å²) in [5.74, 6) is 0.862. The number of hydrogen-bond acceptors (Lipinski definition) is 6. The van der Waals surface area contributed by atoms with E-state index in [2.05, 4.69) is 34.2 Å². The van der Waals surface area contributed by atoms with Gasteiger partial charge in [-0.3, -0.25) is 10.1 Å². The molecule has 8 nitrogen and oxygen atoms in total. The molecule has 0 unspecified atom stereocenters. The van der Waals surface area contributed by atoms with Crippen LogP contribution in [0, 0.1) is 10.1 Å². The third-order valence-electron chi connectivity index (χ3n) is 3.53. The van der Waals surface area contributed by atoms with Crippen molar-refractivity contribution in [2.45, 2.75) is 26.3 Å². The van der Waals surface area contributed by atoms with Crippen molar-refractivity contribution in [2.24, 2.45) is 0 Å². The third-order valence-corrected chi connectivity index (χ3v) is 3.53. The number of rotatable bonds is 5. The average Bonchev–Trinajstić information content (AvgIpc) is 2.98. The molecule has 2 aromatic heterocycles. The molecule has 0 aliphatic rings. The van der Waals surface area contributed by atoms with Crippen LogP contribution in [0.2, 0.25) is 0 Å². The van der Waals surface area contributed by atoms with Crippen LogP contribution in [-0.4, -0.2) is 24.5 Å². The molecule has 0 bridgehead atoms. The van der Waals surface area contributed by atoms with Crippen LogP contribution in [0.4, 0.5) is 11.6 Å². The van der Waals surface area contributed by atoms with Gasteiger partial charge in [-0.15, -0.1) is 0 Å². The number of non-ortho nitro benzene ring substituents is 1. The van der Waals surface area contributed by atoms with E-state index in [0.29, 0.717) is 18.4 Å². The highest BCUT2D eigenvalue weighted by Gasteiger charge is 2.12. The quantitative estimate of drug-likeness (QED) is 0.574. The summed E-state index contributed by atoms with van der Waals surface area (Å²) in [4.78, 5) is 18.9. The van der Waals surface area contributed by atoms with Crippen LogP contribution in [0.1, 0.15) is 30.9 Å². The molecular weight excluding hydrogens is 296 g/mol. The monoisotopic (exact) mass is 312 g/mol. The fraction of sp³-hybridized carbons (Fsp3) is 0.267. The maximum Gasteiger partial charge on any atom is 0.269 e. The minimum atomic E-state index is -0.408. The second-order valence-electron chi connectivity index (χ2n) is 5.47. The van der Waals surface area contributed by atoms with Gasteiger partial charge < -0.3 is 5.32 Å². The summed E-state index contributed by atoms with van der Waals surface area (Å²) >= 11 is 0. The van der Waals surface area contributed by atoms with E-state index in [1.807, 2.05) is 6.07 Å². The van der Waals surface area contributed by atoms with E-state index in [1.165, 1.54) is 18.5 Å². The average molecular weight is 312 g/mol. The zero-order valence-corrected chi connectivity index (χ0v) is 12.8. The van der Waals surface area contributed by atoms with Crippen LogP contribution in [-0.2, 0) is 6.54 Å². The molecule has 23 heavy (non-hydrogen) atoms. The summed E-state index contributed by atoms with van der Waals surface area (Å²) in [5, 5.41) is 18.3. The molecule has 1 N–H and O–H groups in total. The lowest BCUT2D eigenvalue weighted by molar-refractivity contribution is -0.384. The number of nitro benzene ring substituents is 1. The Kier molecular flexibility index (Phi) is 3.88.